The van der Waals surface area contributed by atoms with Crippen LogP contribution in [0, 0.1) is 11.2 Å². The number of hydrogen-bond donors (Lipinski definition) is 1. The fraction of sp³-hybridized carbons (Fsp3) is 0.636. The molecule has 2 rings (SSSR count). The van der Waals surface area contributed by atoms with Crippen molar-refractivity contribution in [2.75, 3.05) is 5.32 Å². The van der Waals surface area contributed by atoms with Gasteiger partial charge in [0.05, 0.1) is 12.4 Å². The SMILES string of the molecule is CC1(C)CCC(Nc2ncc(F)cn2)C1. The van der Waals surface area contributed by atoms with Crippen LogP contribution in [-0.4, -0.2) is 16.0 Å². The number of nitrogens with one attached hydrogen (secondary N) is 1. The molecule has 1 saturated carbocycles. The fourth-order valence-corrected chi connectivity index (χ4v) is 2.13. The third-order valence-electron chi connectivity index (χ3n) is 2.92. The first-order chi connectivity index (χ1) is 7.05. The van der Waals surface area contributed by atoms with Crippen LogP contribution in [0.1, 0.15) is 33.1 Å². The molecule has 15 heavy (non-hydrogen) atoms. The summed E-state index contributed by atoms with van der Waals surface area (Å²) >= 11 is 0. The second kappa shape index (κ2) is 3.76. The average Bonchev–Trinajstić information content (AvgIpc) is 2.50. The van der Waals surface area contributed by atoms with Crippen LogP contribution in [0.15, 0.2) is 12.4 Å². The van der Waals surface area contributed by atoms with E-state index in [-0.39, 0.29) is 0 Å². The molecule has 0 aromatic carbocycles. The predicted octanol–water partition coefficient (Wildman–Crippen LogP) is 2.61. The summed E-state index contributed by atoms with van der Waals surface area (Å²) in [7, 11) is 0. The summed E-state index contributed by atoms with van der Waals surface area (Å²) in [6, 6.07) is 0.422. The van der Waals surface area contributed by atoms with E-state index in [1.54, 1.807) is 0 Å². The lowest BCUT2D eigenvalue weighted by molar-refractivity contribution is 0.378. The van der Waals surface area contributed by atoms with Crippen LogP contribution in [-0.2, 0) is 0 Å². The molecule has 0 bridgehead atoms. The van der Waals surface area contributed by atoms with Gasteiger partial charge >= 0.3 is 0 Å². The molecule has 1 fully saturated rings. The number of halogens is 1. The second-order valence-electron chi connectivity index (χ2n) is 4.97. The van der Waals surface area contributed by atoms with Crippen LogP contribution < -0.4 is 5.32 Å². The molecule has 0 spiro atoms. The van der Waals surface area contributed by atoms with Crippen molar-refractivity contribution in [3.05, 3.63) is 18.2 Å². The molecule has 0 saturated heterocycles. The van der Waals surface area contributed by atoms with Crippen molar-refractivity contribution in [2.45, 2.75) is 39.2 Å². The van der Waals surface area contributed by atoms with Gasteiger partial charge in [-0.25, -0.2) is 14.4 Å². The second-order valence-corrected chi connectivity index (χ2v) is 4.97. The maximum atomic E-state index is 12.6. The summed E-state index contributed by atoms with van der Waals surface area (Å²) in [6.45, 7) is 4.53. The lowest BCUT2D eigenvalue weighted by atomic mass is 9.92. The molecule has 1 N–H and O–H groups in total. The third-order valence-corrected chi connectivity index (χ3v) is 2.92. The topological polar surface area (TPSA) is 37.8 Å². The summed E-state index contributed by atoms with van der Waals surface area (Å²) in [4.78, 5) is 7.78. The van der Waals surface area contributed by atoms with Crippen LogP contribution in [0.25, 0.3) is 0 Å². The van der Waals surface area contributed by atoms with Gasteiger partial charge in [0.25, 0.3) is 0 Å². The maximum Gasteiger partial charge on any atom is 0.222 e. The van der Waals surface area contributed by atoms with Crippen molar-refractivity contribution in [1.29, 1.82) is 0 Å². The Bertz CT molecular complexity index is 334. The highest BCUT2D eigenvalue weighted by Crippen LogP contribution is 2.37. The van der Waals surface area contributed by atoms with E-state index in [0.717, 1.165) is 12.8 Å². The van der Waals surface area contributed by atoms with E-state index in [1.807, 2.05) is 0 Å². The first kappa shape index (κ1) is 10.3. The zero-order chi connectivity index (χ0) is 10.9. The van der Waals surface area contributed by atoms with Crippen molar-refractivity contribution in [3.8, 4) is 0 Å². The average molecular weight is 209 g/mol. The van der Waals surface area contributed by atoms with Crippen LogP contribution in [0.2, 0.25) is 0 Å². The highest BCUT2D eigenvalue weighted by molar-refractivity contribution is 5.25. The lowest BCUT2D eigenvalue weighted by Crippen LogP contribution is -2.19. The van der Waals surface area contributed by atoms with Gasteiger partial charge in [0.2, 0.25) is 5.95 Å². The van der Waals surface area contributed by atoms with E-state index in [4.69, 9.17) is 0 Å². The molecule has 1 unspecified atom stereocenters. The summed E-state index contributed by atoms with van der Waals surface area (Å²) in [5.41, 5.74) is 0.400. The minimum Gasteiger partial charge on any atom is -0.351 e. The highest BCUT2D eigenvalue weighted by Gasteiger charge is 2.30. The van der Waals surface area contributed by atoms with E-state index in [9.17, 15) is 4.39 Å². The molecule has 1 aromatic rings. The van der Waals surface area contributed by atoms with Crippen LogP contribution in [0.4, 0.5) is 10.3 Å². The number of aromatic nitrogens is 2. The van der Waals surface area contributed by atoms with Crippen molar-refractivity contribution in [2.24, 2.45) is 5.41 Å². The van der Waals surface area contributed by atoms with Gasteiger partial charge < -0.3 is 5.32 Å². The van der Waals surface area contributed by atoms with Gasteiger partial charge in [-0.05, 0) is 24.7 Å². The monoisotopic (exact) mass is 209 g/mol. The standard InChI is InChI=1S/C11H16FN3/c1-11(2)4-3-9(5-11)15-10-13-6-8(12)7-14-10/h6-7,9H,3-5H2,1-2H3,(H,13,14,15). The normalized spacial score (nSPS) is 24.1. The summed E-state index contributed by atoms with van der Waals surface area (Å²) < 4.78 is 12.6. The van der Waals surface area contributed by atoms with Gasteiger partial charge in [0.1, 0.15) is 0 Å². The predicted molar refractivity (Wildman–Crippen MR) is 57.0 cm³/mol. The van der Waals surface area contributed by atoms with E-state index in [2.05, 4.69) is 29.1 Å². The largest absolute Gasteiger partial charge is 0.351 e. The maximum absolute atomic E-state index is 12.6. The molecule has 1 aliphatic rings. The Morgan fingerprint density at radius 3 is 2.60 bits per heavy atom. The molecule has 1 atom stereocenters. The van der Waals surface area contributed by atoms with E-state index >= 15 is 0 Å². The van der Waals surface area contributed by atoms with Gasteiger partial charge in [0, 0.05) is 6.04 Å². The molecule has 0 amide bonds. The molecule has 1 heterocycles. The van der Waals surface area contributed by atoms with Gasteiger partial charge in [0.15, 0.2) is 5.82 Å². The molecular weight excluding hydrogens is 193 g/mol. The Morgan fingerprint density at radius 2 is 2.07 bits per heavy atom. The van der Waals surface area contributed by atoms with Crippen molar-refractivity contribution < 1.29 is 4.39 Å². The van der Waals surface area contributed by atoms with Crippen LogP contribution in [0.5, 0.6) is 0 Å². The quantitative estimate of drug-likeness (QED) is 0.813. The Hall–Kier alpha value is -1.19. The molecule has 82 valence electrons. The Kier molecular flexibility index (Phi) is 2.59. The molecule has 4 heteroatoms. The van der Waals surface area contributed by atoms with Crippen molar-refractivity contribution >= 4 is 5.95 Å². The third kappa shape index (κ3) is 2.64. The number of rotatable bonds is 2. The minimum absolute atomic E-state index is 0.396. The molecule has 0 aliphatic heterocycles. The Labute approximate surface area is 89.1 Å². The first-order valence-electron chi connectivity index (χ1n) is 5.29. The van der Waals surface area contributed by atoms with Crippen molar-refractivity contribution in [1.82, 2.24) is 9.97 Å². The molecular formula is C11H16FN3. The smallest absolute Gasteiger partial charge is 0.222 e. The fourth-order valence-electron chi connectivity index (χ4n) is 2.13. The summed E-state index contributed by atoms with van der Waals surface area (Å²) in [5.74, 6) is 0.131. The van der Waals surface area contributed by atoms with Crippen LogP contribution in [0.3, 0.4) is 0 Å². The number of nitrogens with zero attached hydrogens (tertiary/aromatic N) is 2. The summed E-state index contributed by atoms with van der Waals surface area (Å²) in [6.07, 6.45) is 5.85. The van der Waals surface area contributed by atoms with Gasteiger partial charge in [-0.2, -0.15) is 0 Å². The lowest BCUT2D eigenvalue weighted by Gasteiger charge is -2.17. The number of hydrogen-bond acceptors (Lipinski definition) is 3. The van der Waals surface area contributed by atoms with Gasteiger partial charge in [-0.15, -0.1) is 0 Å². The first-order valence-corrected chi connectivity index (χ1v) is 5.29. The van der Waals surface area contributed by atoms with Crippen molar-refractivity contribution in [3.63, 3.8) is 0 Å². The Balaban J connectivity index is 1.96. The molecule has 3 nitrogen and oxygen atoms in total. The summed E-state index contributed by atoms with van der Waals surface area (Å²) in [5, 5.41) is 3.23. The molecule has 0 radical (unpaired) electrons. The molecule has 1 aliphatic carbocycles. The minimum atomic E-state index is -0.396. The highest BCUT2D eigenvalue weighted by atomic mass is 19.1. The van der Waals surface area contributed by atoms with Gasteiger partial charge in [-0.3, -0.25) is 0 Å². The number of anilines is 1. The van der Waals surface area contributed by atoms with Crippen LogP contribution >= 0.6 is 0 Å². The van der Waals surface area contributed by atoms with E-state index in [0.29, 0.717) is 17.4 Å². The zero-order valence-corrected chi connectivity index (χ0v) is 9.13. The Morgan fingerprint density at radius 1 is 1.40 bits per heavy atom. The van der Waals surface area contributed by atoms with Gasteiger partial charge in [-0.1, -0.05) is 13.8 Å². The van der Waals surface area contributed by atoms with E-state index < -0.39 is 5.82 Å². The zero-order valence-electron chi connectivity index (χ0n) is 9.13. The van der Waals surface area contributed by atoms with E-state index in [1.165, 1.54) is 18.8 Å². The molecule has 1 aromatic heterocycles.